The molecule has 1 aliphatic heterocycles. The van der Waals surface area contributed by atoms with E-state index in [-0.39, 0.29) is 17.8 Å². The molecule has 144 valence electrons. The summed E-state index contributed by atoms with van der Waals surface area (Å²) in [5.74, 6) is -0.432. The summed E-state index contributed by atoms with van der Waals surface area (Å²) in [6.07, 6.45) is -0.346. The van der Waals surface area contributed by atoms with Crippen LogP contribution in [0.1, 0.15) is 28.7 Å². The first-order valence-electron chi connectivity index (χ1n) is 8.95. The molecule has 2 heterocycles. The fraction of sp³-hybridized carbons (Fsp3) is 0.421. The van der Waals surface area contributed by atoms with Gasteiger partial charge in [-0.15, -0.1) is 0 Å². The van der Waals surface area contributed by atoms with Crippen molar-refractivity contribution in [3.63, 3.8) is 0 Å². The highest BCUT2D eigenvalue weighted by Gasteiger charge is 2.29. The van der Waals surface area contributed by atoms with Gasteiger partial charge in [0.15, 0.2) is 0 Å². The summed E-state index contributed by atoms with van der Waals surface area (Å²) in [7, 11) is 0. The zero-order chi connectivity index (χ0) is 19.6. The molecule has 0 unspecified atom stereocenters. The van der Waals surface area contributed by atoms with Gasteiger partial charge in [-0.2, -0.15) is 5.10 Å². The van der Waals surface area contributed by atoms with Crippen LogP contribution in [-0.4, -0.2) is 64.4 Å². The summed E-state index contributed by atoms with van der Waals surface area (Å²) in [5.41, 5.74) is 2.57. The van der Waals surface area contributed by atoms with Gasteiger partial charge in [0.25, 0.3) is 5.91 Å². The van der Waals surface area contributed by atoms with Crippen molar-refractivity contribution in [1.82, 2.24) is 19.6 Å². The number of benzene rings is 1. The predicted molar refractivity (Wildman–Crippen MR) is 97.5 cm³/mol. The summed E-state index contributed by atoms with van der Waals surface area (Å²) in [5, 5.41) is 4.46. The van der Waals surface area contributed by atoms with Crippen LogP contribution < -0.4 is 0 Å². The summed E-state index contributed by atoms with van der Waals surface area (Å²) in [4.78, 5) is 28.1. The topological polar surface area (TPSA) is 67.7 Å². The van der Waals surface area contributed by atoms with Crippen molar-refractivity contribution in [3.8, 4) is 5.69 Å². The van der Waals surface area contributed by atoms with E-state index in [2.05, 4.69) is 5.10 Å². The van der Waals surface area contributed by atoms with Gasteiger partial charge in [0.05, 0.1) is 29.2 Å². The molecule has 1 fully saturated rings. The molecular formula is C19H23FN4O3. The number of ether oxygens (including phenoxy) is 1. The van der Waals surface area contributed by atoms with Gasteiger partial charge in [-0.1, -0.05) is 0 Å². The molecule has 27 heavy (non-hydrogen) atoms. The van der Waals surface area contributed by atoms with Crippen LogP contribution >= 0.6 is 0 Å². The second-order valence-corrected chi connectivity index (χ2v) is 6.41. The number of carbonyl (C=O) groups is 2. The summed E-state index contributed by atoms with van der Waals surface area (Å²) in [6.45, 7) is 7.47. The Morgan fingerprint density at radius 2 is 1.67 bits per heavy atom. The smallest absolute Gasteiger partial charge is 0.409 e. The van der Waals surface area contributed by atoms with Crippen LogP contribution in [0.2, 0.25) is 0 Å². The Kier molecular flexibility index (Phi) is 5.43. The van der Waals surface area contributed by atoms with Crippen molar-refractivity contribution >= 4 is 12.0 Å². The van der Waals surface area contributed by atoms with Gasteiger partial charge in [-0.25, -0.2) is 13.9 Å². The molecule has 0 atom stereocenters. The van der Waals surface area contributed by atoms with Gasteiger partial charge < -0.3 is 14.5 Å². The standard InChI is InChI=1S/C19H23FN4O3/c1-4-27-19(26)23-11-9-22(10-12-23)18(25)17-13(2)21-24(14(17)3)16-7-5-15(20)6-8-16/h5-8H,4,9-12H2,1-3H3. The van der Waals surface area contributed by atoms with E-state index in [9.17, 15) is 14.0 Å². The van der Waals surface area contributed by atoms with Gasteiger partial charge in [0, 0.05) is 26.2 Å². The Morgan fingerprint density at radius 3 is 2.26 bits per heavy atom. The third-order valence-corrected chi connectivity index (χ3v) is 4.67. The normalized spacial score (nSPS) is 14.4. The molecule has 0 bridgehead atoms. The molecule has 0 N–H and O–H groups in total. The Bertz CT molecular complexity index is 839. The second-order valence-electron chi connectivity index (χ2n) is 6.41. The molecule has 2 amide bonds. The Hall–Kier alpha value is -2.90. The van der Waals surface area contributed by atoms with Crippen molar-refractivity contribution in [2.24, 2.45) is 0 Å². The zero-order valence-electron chi connectivity index (χ0n) is 15.7. The first kappa shape index (κ1) is 18.9. The first-order chi connectivity index (χ1) is 12.9. The molecule has 1 aromatic carbocycles. The van der Waals surface area contributed by atoms with Gasteiger partial charge in [-0.3, -0.25) is 4.79 Å². The van der Waals surface area contributed by atoms with Gasteiger partial charge in [0.1, 0.15) is 5.82 Å². The third kappa shape index (κ3) is 3.79. The highest BCUT2D eigenvalue weighted by molar-refractivity contribution is 5.96. The Morgan fingerprint density at radius 1 is 1.07 bits per heavy atom. The maximum atomic E-state index is 13.2. The predicted octanol–water partition coefficient (Wildman–Crippen LogP) is 2.54. The van der Waals surface area contributed by atoms with E-state index in [0.717, 1.165) is 0 Å². The first-order valence-corrected chi connectivity index (χ1v) is 8.95. The van der Waals surface area contributed by atoms with Crippen molar-refractivity contribution in [2.45, 2.75) is 20.8 Å². The molecular weight excluding hydrogens is 351 g/mol. The number of hydrogen-bond acceptors (Lipinski definition) is 4. The molecule has 2 aromatic rings. The summed E-state index contributed by atoms with van der Waals surface area (Å²) in [6, 6.07) is 5.98. The average Bonchev–Trinajstić information content (AvgIpc) is 2.96. The molecule has 1 aliphatic rings. The lowest BCUT2D eigenvalue weighted by Crippen LogP contribution is -2.50. The Balaban J connectivity index is 1.76. The number of halogens is 1. The lowest BCUT2D eigenvalue weighted by atomic mass is 10.1. The molecule has 0 radical (unpaired) electrons. The van der Waals surface area contributed by atoms with E-state index >= 15 is 0 Å². The van der Waals surface area contributed by atoms with E-state index in [1.807, 2.05) is 6.92 Å². The minimum atomic E-state index is -0.346. The Labute approximate surface area is 157 Å². The molecule has 0 saturated carbocycles. The van der Waals surface area contributed by atoms with Crippen LogP contribution in [0.5, 0.6) is 0 Å². The maximum Gasteiger partial charge on any atom is 0.409 e. The fourth-order valence-electron chi connectivity index (χ4n) is 3.25. The minimum absolute atomic E-state index is 0.109. The number of piperazine rings is 1. The highest BCUT2D eigenvalue weighted by atomic mass is 19.1. The van der Waals surface area contributed by atoms with Gasteiger partial charge in [0.2, 0.25) is 0 Å². The van der Waals surface area contributed by atoms with Gasteiger partial charge >= 0.3 is 6.09 Å². The average molecular weight is 374 g/mol. The molecule has 0 aliphatic carbocycles. The lowest BCUT2D eigenvalue weighted by molar-refractivity contribution is 0.0569. The number of amides is 2. The zero-order valence-corrected chi connectivity index (χ0v) is 15.7. The molecule has 3 rings (SSSR count). The lowest BCUT2D eigenvalue weighted by Gasteiger charge is -2.34. The number of nitrogens with zero attached hydrogens (tertiary/aromatic N) is 4. The van der Waals surface area contributed by atoms with Crippen LogP contribution in [0.25, 0.3) is 5.69 Å². The third-order valence-electron chi connectivity index (χ3n) is 4.67. The monoisotopic (exact) mass is 374 g/mol. The number of rotatable bonds is 3. The molecule has 8 heteroatoms. The SMILES string of the molecule is CCOC(=O)N1CCN(C(=O)c2c(C)nn(-c3ccc(F)cc3)c2C)CC1. The molecule has 7 nitrogen and oxygen atoms in total. The van der Waals surface area contributed by atoms with Crippen molar-refractivity contribution in [2.75, 3.05) is 32.8 Å². The largest absolute Gasteiger partial charge is 0.450 e. The van der Waals surface area contributed by atoms with E-state index in [1.54, 1.807) is 40.5 Å². The van der Waals surface area contributed by atoms with Crippen LogP contribution in [0.15, 0.2) is 24.3 Å². The quantitative estimate of drug-likeness (QED) is 0.828. The number of hydrogen-bond donors (Lipinski definition) is 0. The van der Waals surface area contributed by atoms with E-state index in [4.69, 9.17) is 4.74 Å². The number of aromatic nitrogens is 2. The molecule has 1 saturated heterocycles. The molecule has 1 aromatic heterocycles. The highest BCUT2D eigenvalue weighted by Crippen LogP contribution is 2.21. The number of aryl methyl sites for hydroxylation is 1. The summed E-state index contributed by atoms with van der Waals surface area (Å²) < 4.78 is 19.8. The van der Waals surface area contributed by atoms with Crippen molar-refractivity contribution in [1.29, 1.82) is 0 Å². The fourth-order valence-corrected chi connectivity index (χ4v) is 3.25. The van der Waals surface area contributed by atoms with Gasteiger partial charge in [-0.05, 0) is 45.0 Å². The van der Waals surface area contributed by atoms with E-state index in [0.29, 0.717) is 55.4 Å². The summed E-state index contributed by atoms with van der Waals surface area (Å²) >= 11 is 0. The van der Waals surface area contributed by atoms with Crippen molar-refractivity contribution < 1.29 is 18.7 Å². The van der Waals surface area contributed by atoms with Crippen LogP contribution in [0.4, 0.5) is 9.18 Å². The maximum absolute atomic E-state index is 13.2. The van der Waals surface area contributed by atoms with Crippen LogP contribution in [-0.2, 0) is 4.74 Å². The molecule has 0 spiro atoms. The minimum Gasteiger partial charge on any atom is -0.450 e. The van der Waals surface area contributed by atoms with Crippen LogP contribution in [0.3, 0.4) is 0 Å². The second kappa shape index (κ2) is 7.77. The van der Waals surface area contributed by atoms with E-state index < -0.39 is 0 Å². The number of carbonyl (C=O) groups excluding carboxylic acids is 2. The van der Waals surface area contributed by atoms with E-state index in [1.165, 1.54) is 12.1 Å². The van der Waals surface area contributed by atoms with Crippen molar-refractivity contribution in [3.05, 3.63) is 47.0 Å². The van der Waals surface area contributed by atoms with Crippen LogP contribution in [0, 0.1) is 19.7 Å².